The molecule has 1 aromatic heterocycles. The topological polar surface area (TPSA) is 73.6 Å². The standard InChI is InChI=1S/C27H26N2O4/c1-17(28-18(2)30)20-11-12-25-26(14-20)33-27(29-25)21-5-3-7-23(13-21)32-24-8-4-6-22(15-24)31-16-19-9-10-19/h3-8,11-15,17,19H,9-10,16H2,1-2H3,(H,28,30). The fourth-order valence-corrected chi connectivity index (χ4v) is 3.68. The molecule has 0 saturated heterocycles. The maximum Gasteiger partial charge on any atom is 0.227 e. The number of oxazole rings is 1. The van der Waals surface area contributed by atoms with Gasteiger partial charge in [-0.1, -0.05) is 18.2 Å². The zero-order valence-electron chi connectivity index (χ0n) is 18.7. The molecule has 0 radical (unpaired) electrons. The monoisotopic (exact) mass is 442 g/mol. The Labute approximate surface area is 192 Å². The first-order chi connectivity index (χ1) is 16.0. The Hall–Kier alpha value is -3.80. The first-order valence-corrected chi connectivity index (χ1v) is 11.2. The molecule has 0 spiro atoms. The molecule has 3 aromatic carbocycles. The highest BCUT2D eigenvalue weighted by Crippen LogP contribution is 2.33. The van der Waals surface area contributed by atoms with E-state index in [1.54, 1.807) is 0 Å². The number of hydrogen-bond acceptors (Lipinski definition) is 5. The summed E-state index contributed by atoms with van der Waals surface area (Å²) in [4.78, 5) is 16.0. The molecule has 1 aliphatic carbocycles. The van der Waals surface area contributed by atoms with Crippen LogP contribution < -0.4 is 14.8 Å². The molecule has 1 atom stereocenters. The minimum Gasteiger partial charge on any atom is -0.493 e. The lowest BCUT2D eigenvalue weighted by Gasteiger charge is -2.12. The third-order valence-electron chi connectivity index (χ3n) is 5.64. The number of nitrogens with one attached hydrogen (secondary N) is 1. The smallest absolute Gasteiger partial charge is 0.227 e. The summed E-state index contributed by atoms with van der Waals surface area (Å²) in [7, 11) is 0. The molecule has 1 N–H and O–H groups in total. The molecule has 1 fully saturated rings. The van der Waals surface area contributed by atoms with Crippen molar-refractivity contribution in [2.45, 2.75) is 32.7 Å². The quantitative estimate of drug-likeness (QED) is 0.348. The van der Waals surface area contributed by atoms with E-state index in [0.29, 0.717) is 23.1 Å². The van der Waals surface area contributed by atoms with E-state index in [-0.39, 0.29) is 11.9 Å². The maximum absolute atomic E-state index is 11.4. The second kappa shape index (κ2) is 8.98. The molecular formula is C27H26N2O4. The van der Waals surface area contributed by atoms with Crippen LogP contribution in [0.25, 0.3) is 22.6 Å². The summed E-state index contributed by atoms with van der Waals surface area (Å²) >= 11 is 0. The molecule has 6 heteroatoms. The van der Waals surface area contributed by atoms with Crippen LogP contribution in [0.5, 0.6) is 17.2 Å². The van der Waals surface area contributed by atoms with Crippen molar-refractivity contribution < 1.29 is 18.7 Å². The second-order valence-electron chi connectivity index (χ2n) is 8.53. The van der Waals surface area contributed by atoms with Crippen LogP contribution in [-0.2, 0) is 4.79 Å². The fraction of sp³-hybridized carbons (Fsp3) is 0.259. The average molecular weight is 443 g/mol. The van der Waals surface area contributed by atoms with Gasteiger partial charge in [-0.2, -0.15) is 0 Å². The molecule has 1 aliphatic rings. The van der Waals surface area contributed by atoms with Gasteiger partial charge in [0, 0.05) is 18.6 Å². The van der Waals surface area contributed by atoms with Gasteiger partial charge in [-0.3, -0.25) is 4.79 Å². The lowest BCUT2D eigenvalue weighted by atomic mass is 10.1. The Bertz CT molecular complexity index is 1290. The van der Waals surface area contributed by atoms with Crippen LogP contribution in [0.2, 0.25) is 0 Å². The van der Waals surface area contributed by atoms with Crippen molar-refractivity contribution in [1.82, 2.24) is 10.3 Å². The third kappa shape index (κ3) is 5.17. The summed E-state index contributed by atoms with van der Waals surface area (Å²) in [5.74, 6) is 3.37. The van der Waals surface area contributed by atoms with E-state index in [9.17, 15) is 4.79 Å². The van der Waals surface area contributed by atoms with Gasteiger partial charge in [0.05, 0.1) is 12.6 Å². The van der Waals surface area contributed by atoms with Crippen LogP contribution in [0.15, 0.2) is 71.1 Å². The van der Waals surface area contributed by atoms with Crippen LogP contribution in [0.3, 0.4) is 0 Å². The van der Waals surface area contributed by atoms with Crippen LogP contribution >= 0.6 is 0 Å². The highest BCUT2D eigenvalue weighted by molar-refractivity contribution is 5.78. The van der Waals surface area contributed by atoms with E-state index in [0.717, 1.165) is 34.7 Å². The Kier molecular flexibility index (Phi) is 5.73. The summed E-state index contributed by atoms with van der Waals surface area (Å²) in [5, 5.41) is 2.89. The molecule has 1 amide bonds. The number of nitrogens with zero attached hydrogens (tertiary/aromatic N) is 1. The molecule has 1 saturated carbocycles. The number of rotatable bonds is 8. The molecule has 1 heterocycles. The summed E-state index contributed by atoms with van der Waals surface area (Å²) in [6.45, 7) is 4.21. The van der Waals surface area contributed by atoms with E-state index in [1.807, 2.05) is 73.7 Å². The zero-order valence-corrected chi connectivity index (χ0v) is 18.7. The minimum absolute atomic E-state index is 0.0716. The number of carbonyl (C=O) groups is 1. The number of carbonyl (C=O) groups excluding carboxylic acids is 1. The molecule has 0 aliphatic heterocycles. The van der Waals surface area contributed by atoms with Crippen LogP contribution in [0.4, 0.5) is 0 Å². The van der Waals surface area contributed by atoms with Crippen molar-refractivity contribution in [3.63, 3.8) is 0 Å². The van der Waals surface area contributed by atoms with E-state index < -0.39 is 0 Å². The highest BCUT2D eigenvalue weighted by atomic mass is 16.5. The highest BCUT2D eigenvalue weighted by Gasteiger charge is 2.22. The molecule has 0 bridgehead atoms. The van der Waals surface area contributed by atoms with Gasteiger partial charge in [-0.15, -0.1) is 0 Å². The third-order valence-corrected chi connectivity index (χ3v) is 5.64. The van der Waals surface area contributed by atoms with Gasteiger partial charge in [-0.05, 0) is 73.7 Å². The largest absolute Gasteiger partial charge is 0.493 e. The summed E-state index contributed by atoms with van der Waals surface area (Å²) < 4.78 is 18.0. The normalized spacial score (nSPS) is 14.1. The van der Waals surface area contributed by atoms with Gasteiger partial charge in [-0.25, -0.2) is 4.98 Å². The van der Waals surface area contributed by atoms with Gasteiger partial charge in [0.25, 0.3) is 0 Å². The lowest BCUT2D eigenvalue weighted by molar-refractivity contribution is -0.119. The minimum atomic E-state index is -0.110. The van der Waals surface area contributed by atoms with Gasteiger partial charge < -0.3 is 19.2 Å². The summed E-state index contributed by atoms with van der Waals surface area (Å²) in [5.41, 5.74) is 3.21. The number of amides is 1. The number of ether oxygens (including phenoxy) is 2. The van der Waals surface area contributed by atoms with E-state index in [1.165, 1.54) is 19.8 Å². The first kappa shape index (κ1) is 21.1. The summed E-state index contributed by atoms with van der Waals surface area (Å²) in [6, 6.07) is 21.0. The van der Waals surface area contributed by atoms with Crippen LogP contribution in [0.1, 0.15) is 38.3 Å². The number of fused-ring (bicyclic) bond motifs is 1. The van der Waals surface area contributed by atoms with Crippen molar-refractivity contribution in [3.05, 3.63) is 72.3 Å². The van der Waals surface area contributed by atoms with Gasteiger partial charge in [0.15, 0.2) is 5.58 Å². The predicted octanol–water partition coefficient (Wildman–Crippen LogP) is 6.27. The van der Waals surface area contributed by atoms with E-state index >= 15 is 0 Å². The average Bonchev–Trinajstić information content (AvgIpc) is 3.53. The van der Waals surface area contributed by atoms with Crippen molar-refractivity contribution >= 4 is 17.0 Å². The molecule has 6 nitrogen and oxygen atoms in total. The van der Waals surface area contributed by atoms with Crippen molar-refractivity contribution in [1.29, 1.82) is 0 Å². The first-order valence-electron chi connectivity index (χ1n) is 11.2. The Morgan fingerprint density at radius 1 is 1.06 bits per heavy atom. The maximum atomic E-state index is 11.4. The van der Waals surface area contributed by atoms with E-state index in [2.05, 4.69) is 10.3 Å². The van der Waals surface area contributed by atoms with Crippen molar-refractivity contribution in [2.24, 2.45) is 5.92 Å². The van der Waals surface area contributed by atoms with Crippen LogP contribution in [-0.4, -0.2) is 17.5 Å². The Morgan fingerprint density at radius 2 is 1.82 bits per heavy atom. The molecule has 33 heavy (non-hydrogen) atoms. The molecule has 1 unspecified atom stereocenters. The SMILES string of the molecule is CC(=O)NC(C)c1ccc2nc(-c3cccc(Oc4cccc(OCC5CC5)c4)c3)oc2c1. The Balaban J connectivity index is 1.34. The predicted molar refractivity (Wildman–Crippen MR) is 126 cm³/mol. The summed E-state index contributed by atoms with van der Waals surface area (Å²) in [6.07, 6.45) is 2.52. The number of benzene rings is 3. The number of aromatic nitrogens is 1. The Morgan fingerprint density at radius 3 is 2.61 bits per heavy atom. The van der Waals surface area contributed by atoms with Crippen LogP contribution in [0, 0.1) is 5.92 Å². The van der Waals surface area contributed by atoms with Gasteiger partial charge in [0.1, 0.15) is 22.8 Å². The fourth-order valence-electron chi connectivity index (χ4n) is 3.68. The zero-order chi connectivity index (χ0) is 22.8. The van der Waals surface area contributed by atoms with E-state index in [4.69, 9.17) is 13.9 Å². The number of hydrogen-bond donors (Lipinski definition) is 1. The van der Waals surface area contributed by atoms with Crippen molar-refractivity contribution in [3.8, 4) is 28.7 Å². The molecule has 168 valence electrons. The van der Waals surface area contributed by atoms with Gasteiger partial charge in [0.2, 0.25) is 11.8 Å². The molecule has 5 rings (SSSR count). The molecular weight excluding hydrogens is 416 g/mol. The lowest BCUT2D eigenvalue weighted by Crippen LogP contribution is -2.23. The van der Waals surface area contributed by atoms with Crippen molar-refractivity contribution in [2.75, 3.05) is 6.61 Å². The second-order valence-corrected chi connectivity index (χ2v) is 8.53. The van der Waals surface area contributed by atoms with Gasteiger partial charge >= 0.3 is 0 Å². The molecule has 4 aromatic rings.